The number of hydrogen-bond donors (Lipinski definition) is 1. The summed E-state index contributed by atoms with van der Waals surface area (Å²) in [5.41, 5.74) is 2.90. The van der Waals surface area contributed by atoms with Crippen LogP contribution in [0.4, 0.5) is 4.39 Å². The lowest BCUT2D eigenvalue weighted by Gasteiger charge is -2.07. The Morgan fingerprint density at radius 1 is 0.774 bits per heavy atom. The molecule has 31 heavy (non-hydrogen) atoms. The van der Waals surface area contributed by atoms with Gasteiger partial charge in [-0.25, -0.2) is 4.39 Å². The minimum absolute atomic E-state index is 0.0629. The highest BCUT2D eigenvalue weighted by Gasteiger charge is 2.10. The summed E-state index contributed by atoms with van der Waals surface area (Å²) in [5, 5.41) is 2.52. The third kappa shape index (κ3) is 6.60. The first-order valence-corrected chi connectivity index (χ1v) is 9.91. The van der Waals surface area contributed by atoms with Crippen molar-refractivity contribution in [2.75, 3.05) is 13.2 Å². The van der Waals surface area contributed by atoms with Crippen LogP contribution in [0.3, 0.4) is 0 Å². The predicted molar refractivity (Wildman–Crippen MR) is 115 cm³/mol. The van der Waals surface area contributed by atoms with Crippen LogP contribution < -0.4 is 5.32 Å². The van der Waals surface area contributed by atoms with Crippen LogP contribution >= 0.6 is 0 Å². The Labute approximate surface area is 179 Å². The summed E-state index contributed by atoms with van der Waals surface area (Å²) >= 11 is 0. The number of nitrogens with one attached hydrogen (secondary N) is 1. The lowest BCUT2D eigenvalue weighted by atomic mass is 10.0. The minimum Gasteiger partial charge on any atom is -0.464 e. The zero-order chi connectivity index (χ0) is 22.1. The van der Waals surface area contributed by atoms with E-state index >= 15 is 0 Å². The van der Waals surface area contributed by atoms with E-state index in [0.717, 1.165) is 11.1 Å². The molecule has 3 rings (SSSR count). The van der Waals surface area contributed by atoms with Gasteiger partial charge in [0.15, 0.2) is 5.78 Å². The highest BCUT2D eigenvalue weighted by molar-refractivity contribution is 5.96. The smallest absolute Gasteiger partial charge is 0.325 e. The van der Waals surface area contributed by atoms with Gasteiger partial charge in [0.2, 0.25) is 0 Å². The molecule has 0 atom stereocenters. The van der Waals surface area contributed by atoms with Gasteiger partial charge in [0, 0.05) is 17.5 Å². The van der Waals surface area contributed by atoms with Gasteiger partial charge in [-0.05, 0) is 53.9 Å². The normalized spacial score (nSPS) is 10.4. The number of halogens is 1. The summed E-state index contributed by atoms with van der Waals surface area (Å²) in [4.78, 5) is 36.0. The summed E-state index contributed by atoms with van der Waals surface area (Å²) in [6, 6.07) is 22.2. The van der Waals surface area contributed by atoms with Crippen molar-refractivity contribution in [2.24, 2.45) is 0 Å². The SMILES string of the molecule is O=C(CNC(=O)c1ccc(-c2ccccc2)cc1)OCCCC(=O)c1ccc(F)cc1. The van der Waals surface area contributed by atoms with Crippen LogP contribution in [0.15, 0.2) is 78.9 Å². The van der Waals surface area contributed by atoms with Gasteiger partial charge in [0.05, 0.1) is 6.61 Å². The molecule has 1 N–H and O–H groups in total. The molecule has 0 aliphatic heterocycles. The molecule has 0 heterocycles. The third-order valence-corrected chi connectivity index (χ3v) is 4.62. The number of ether oxygens (including phenoxy) is 1. The van der Waals surface area contributed by atoms with Crippen molar-refractivity contribution >= 4 is 17.7 Å². The van der Waals surface area contributed by atoms with Crippen molar-refractivity contribution in [1.82, 2.24) is 5.32 Å². The largest absolute Gasteiger partial charge is 0.464 e. The molecular formula is C25H22FNO4. The fourth-order valence-electron chi connectivity index (χ4n) is 2.95. The molecule has 158 valence electrons. The van der Waals surface area contributed by atoms with Crippen molar-refractivity contribution in [3.63, 3.8) is 0 Å². The van der Waals surface area contributed by atoms with Gasteiger partial charge >= 0.3 is 5.97 Å². The Morgan fingerprint density at radius 3 is 2.06 bits per heavy atom. The van der Waals surface area contributed by atoms with Crippen molar-refractivity contribution in [3.8, 4) is 11.1 Å². The number of carbonyl (C=O) groups is 3. The molecule has 3 aromatic rings. The number of benzene rings is 3. The number of amides is 1. The van der Waals surface area contributed by atoms with Gasteiger partial charge in [-0.3, -0.25) is 14.4 Å². The van der Waals surface area contributed by atoms with Crippen LogP contribution in [0.1, 0.15) is 33.6 Å². The third-order valence-electron chi connectivity index (χ3n) is 4.62. The second-order valence-electron chi connectivity index (χ2n) is 6.88. The summed E-state index contributed by atoms with van der Waals surface area (Å²) < 4.78 is 17.9. The first kappa shape index (κ1) is 21.9. The van der Waals surface area contributed by atoms with E-state index in [1.54, 1.807) is 12.1 Å². The maximum Gasteiger partial charge on any atom is 0.325 e. The van der Waals surface area contributed by atoms with Crippen LogP contribution in [0.25, 0.3) is 11.1 Å². The molecule has 0 unspecified atom stereocenters. The van der Waals surface area contributed by atoms with E-state index in [-0.39, 0.29) is 31.3 Å². The zero-order valence-electron chi connectivity index (χ0n) is 16.8. The van der Waals surface area contributed by atoms with E-state index in [0.29, 0.717) is 17.5 Å². The zero-order valence-corrected chi connectivity index (χ0v) is 16.8. The molecule has 6 heteroatoms. The maximum absolute atomic E-state index is 12.9. The molecule has 0 saturated carbocycles. The first-order valence-electron chi connectivity index (χ1n) is 9.91. The second-order valence-corrected chi connectivity index (χ2v) is 6.88. The second kappa shape index (κ2) is 10.8. The van der Waals surface area contributed by atoms with E-state index < -0.39 is 11.8 Å². The lowest BCUT2D eigenvalue weighted by Crippen LogP contribution is -2.30. The maximum atomic E-state index is 12.9. The molecule has 0 aliphatic carbocycles. The summed E-state index contributed by atoms with van der Waals surface area (Å²) in [6.45, 7) is -0.196. The Morgan fingerprint density at radius 2 is 1.39 bits per heavy atom. The molecule has 5 nitrogen and oxygen atoms in total. The molecule has 3 aromatic carbocycles. The summed E-state index contributed by atoms with van der Waals surface area (Å²) in [6.07, 6.45) is 0.524. The van der Waals surface area contributed by atoms with E-state index in [1.165, 1.54) is 24.3 Å². The van der Waals surface area contributed by atoms with E-state index in [1.807, 2.05) is 42.5 Å². The van der Waals surface area contributed by atoms with Crippen LogP contribution in [0.2, 0.25) is 0 Å². The Hall–Kier alpha value is -3.80. The molecule has 0 bridgehead atoms. The van der Waals surface area contributed by atoms with Crippen LogP contribution in [-0.2, 0) is 9.53 Å². The number of ketones is 1. The molecule has 0 spiro atoms. The van der Waals surface area contributed by atoms with Crippen molar-refractivity contribution in [1.29, 1.82) is 0 Å². The van der Waals surface area contributed by atoms with E-state index in [4.69, 9.17) is 4.74 Å². The monoisotopic (exact) mass is 419 g/mol. The number of Topliss-reactive ketones (excluding diaryl/α,β-unsaturated/α-hetero) is 1. The number of carbonyl (C=O) groups excluding carboxylic acids is 3. The minimum atomic E-state index is -0.580. The number of hydrogen-bond acceptors (Lipinski definition) is 4. The van der Waals surface area contributed by atoms with Crippen LogP contribution in [0.5, 0.6) is 0 Å². The highest BCUT2D eigenvalue weighted by atomic mass is 19.1. The van der Waals surface area contributed by atoms with Gasteiger partial charge in [0.1, 0.15) is 12.4 Å². The molecule has 0 fully saturated rings. The molecule has 1 amide bonds. The van der Waals surface area contributed by atoms with Gasteiger partial charge in [-0.15, -0.1) is 0 Å². The van der Waals surface area contributed by atoms with E-state index in [9.17, 15) is 18.8 Å². The molecule has 0 saturated heterocycles. The van der Waals surface area contributed by atoms with Gasteiger partial charge < -0.3 is 10.1 Å². The average molecular weight is 419 g/mol. The van der Waals surface area contributed by atoms with E-state index in [2.05, 4.69) is 5.32 Å². The quantitative estimate of drug-likeness (QED) is 0.316. The lowest BCUT2D eigenvalue weighted by molar-refractivity contribution is -0.142. The number of esters is 1. The molecule has 0 radical (unpaired) electrons. The van der Waals surface area contributed by atoms with Gasteiger partial charge in [0.25, 0.3) is 5.91 Å². The predicted octanol–water partition coefficient (Wildman–Crippen LogP) is 4.43. The van der Waals surface area contributed by atoms with Gasteiger partial charge in [-0.1, -0.05) is 42.5 Å². The van der Waals surface area contributed by atoms with Crippen molar-refractivity contribution in [3.05, 3.63) is 95.8 Å². The highest BCUT2D eigenvalue weighted by Crippen LogP contribution is 2.19. The van der Waals surface area contributed by atoms with Gasteiger partial charge in [-0.2, -0.15) is 0 Å². The van der Waals surface area contributed by atoms with Crippen molar-refractivity contribution < 1.29 is 23.5 Å². The Kier molecular flexibility index (Phi) is 7.65. The Balaban J connectivity index is 1.37. The van der Waals surface area contributed by atoms with Crippen molar-refractivity contribution in [2.45, 2.75) is 12.8 Å². The molecular weight excluding hydrogens is 397 g/mol. The summed E-state index contributed by atoms with van der Waals surface area (Å²) in [5.74, 6) is -1.51. The summed E-state index contributed by atoms with van der Waals surface area (Å²) in [7, 11) is 0. The fraction of sp³-hybridized carbons (Fsp3) is 0.160. The van der Waals surface area contributed by atoms with Crippen LogP contribution in [-0.4, -0.2) is 30.8 Å². The standard InChI is InChI=1S/C25H22FNO4/c26-22-14-12-20(13-15-22)23(28)7-4-16-31-24(29)17-27-25(30)21-10-8-19(9-11-21)18-5-2-1-3-6-18/h1-3,5-6,8-15H,4,7,16-17H2,(H,27,30). The fourth-order valence-corrected chi connectivity index (χ4v) is 2.95. The number of rotatable bonds is 9. The first-order chi connectivity index (χ1) is 15.0. The molecule has 0 aliphatic rings. The molecule has 0 aromatic heterocycles. The van der Waals surface area contributed by atoms with Crippen LogP contribution in [0, 0.1) is 5.82 Å². The topological polar surface area (TPSA) is 72.5 Å². The average Bonchev–Trinajstić information content (AvgIpc) is 2.81. The Bertz CT molecular complexity index is 1030.